The van der Waals surface area contributed by atoms with E-state index in [1.165, 1.54) is 17.7 Å². The van der Waals surface area contributed by atoms with Gasteiger partial charge in [0.25, 0.3) is 0 Å². The summed E-state index contributed by atoms with van der Waals surface area (Å²) in [5, 5.41) is 3.22. The zero-order chi connectivity index (χ0) is 25.3. The predicted molar refractivity (Wildman–Crippen MR) is 141 cm³/mol. The molecule has 1 saturated carbocycles. The lowest BCUT2D eigenvalue weighted by atomic mass is 10.0. The largest absolute Gasteiger partial charge is 0.352 e. The van der Waals surface area contributed by atoms with Crippen LogP contribution < -0.4 is 5.32 Å². The minimum absolute atomic E-state index is 0.0811. The fourth-order valence-corrected chi connectivity index (χ4v) is 4.86. The molecule has 36 heavy (non-hydrogen) atoms. The summed E-state index contributed by atoms with van der Waals surface area (Å²) in [6.45, 7) is 2.29. The first-order valence-electron chi connectivity index (χ1n) is 12.9. The first kappa shape index (κ1) is 25.6. The number of nitrogens with zero attached hydrogens (tertiary/aromatic N) is 1. The van der Waals surface area contributed by atoms with Gasteiger partial charge in [0.1, 0.15) is 11.9 Å². The smallest absolute Gasteiger partial charge is 0.243 e. The van der Waals surface area contributed by atoms with Crippen LogP contribution in [-0.4, -0.2) is 28.8 Å². The highest BCUT2D eigenvalue weighted by Gasteiger charge is 2.32. The third-order valence-electron chi connectivity index (χ3n) is 6.99. The van der Waals surface area contributed by atoms with Crippen molar-refractivity contribution in [2.75, 3.05) is 0 Å². The molecular weight excluding hydrogens is 451 g/mol. The third-order valence-corrected chi connectivity index (χ3v) is 6.99. The monoisotopic (exact) mass is 486 g/mol. The fraction of sp³-hybridized carbons (Fsp3) is 0.355. The van der Waals surface area contributed by atoms with Crippen LogP contribution in [-0.2, 0) is 29.0 Å². The Morgan fingerprint density at radius 1 is 0.889 bits per heavy atom. The van der Waals surface area contributed by atoms with Gasteiger partial charge >= 0.3 is 0 Å². The van der Waals surface area contributed by atoms with Crippen LogP contribution in [0.1, 0.15) is 54.4 Å². The van der Waals surface area contributed by atoms with Crippen molar-refractivity contribution in [1.82, 2.24) is 10.2 Å². The molecule has 188 valence electrons. The zero-order valence-corrected chi connectivity index (χ0v) is 21.0. The quantitative estimate of drug-likeness (QED) is 0.396. The number of benzene rings is 3. The SMILES string of the molecule is Cc1ccc(CCC(=O)N(Cc2ccc(F)cc2)[C@@H](Cc2ccccc2)C(=O)NC2CCCC2)cc1. The highest BCUT2D eigenvalue weighted by atomic mass is 19.1. The molecule has 1 aliphatic carbocycles. The summed E-state index contributed by atoms with van der Waals surface area (Å²) in [5.74, 6) is -0.519. The van der Waals surface area contributed by atoms with Crippen molar-refractivity contribution in [1.29, 1.82) is 0 Å². The Hall–Kier alpha value is -3.47. The summed E-state index contributed by atoms with van der Waals surface area (Å²) in [5.41, 5.74) is 4.06. The number of rotatable bonds is 10. The van der Waals surface area contributed by atoms with Gasteiger partial charge in [0.05, 0.1) is 0 Å². The van der Waals surface area contributed by atoms with E-state index in [9.17, 15) is 14.0 Å². The van der Waals surface area contributed by atoms with Gasteiger partial charge in [-0.05, 0) is 55.0 Å². The average Bonchev–Trinajstić information content (AvgIpc) is 3.40. The summed E-state index contributed by atoms with van der Waals surface area (Å²) in [6, 6.07) is 23.7. The summed E-state index contributed by atoms with van der Waals surface area (Å²) in [4.78, 5) is 29.0. The summed E-state index contributed by atoms with van der Waals surface area (Å²) in [7, 11) is 0. The summed E-state index contributed by atoms with van der Waals surface area (Å²) in [6.07, 6.45) is 5.50. The van der Waals surface area contributed by atoms with Crippen molar-refractivity contribution < 1.29 is 14.0 Å². The number of hydrogen-bond acceptors (Lipinski definition) is 2. The Morgan fingerprint density at radius 3 is 2.19 bits per heavy atom. The molecule has 1 aliphatic rings. The van der Waals surface area contributed by atoms with Gasteiger partial charge < -0.3 is 10.2 Å². The standard InChI is InChI=1S/C31H35FN2O2/c1-23-11-13-24(14-12-23)17-20-30(35)34(22-26-15-18-27(32)19-16-26)29(21-25-7-3-2-4-8-25)31(36)33-28-9-5-6-10-28/h2-4,7-8,11-16,18-19,28-29H,5-6,9-10,17,20-22H2,1H3,(H,33,36)/t29-/m0/s1. The lowest BCUT2D eigenvalue weighted by Gasteiger charge is -2.32. The predicted octanol–water partition coefficient (Wildman–Crippen LogP) is 5.77. The van der Waals surface area contributed by atoms with Gasteiger partial charge in [-0.25, -0.2) is 4.39 Å². The molecule has 0 radical (unpaired) electrons. The maximum atomic E-state index is 13.7. The second-order valence-corrected chi connectivity index (χ2v) is 9.83. The van der Waals surface area contributed by atoms with Gasteiger partial charge in [-0.15, -0.1) is 0 Å². The number of carbonyl (C=O) groups excluding carboxylic acids is 2. The lowest BCUT2D eigenvalue weighted by Crippen LogP contribution is -2.52. The number of nitrogens with one attached hydrogen (secondary N) is 1. The van der Waals surface area contributed by atoms with Crippen molar-refractivity contribution in [3.8, 4) is 0 Å². The number of halogens is 1. The Morgan fingerprint density at radius 2 is 1.53 bits per heavy atom. The molecular formula is C31H35FN2O2. The first-order chi connectivity index (χ1) is 17.5. The topological polar surface area (TPSA) is 49.4 Å². The lowest BCUT2D eigenvalue weighted by molar-refractivity contribution is -0.141. The Kier molecular flexibility index (Phi) is 8.88. The van der Waals surface area contributed by atoms with E-state index in [1.54, 1.807) is 17.0 Å². The molecule has 0 aromatic heterocycles. The minimum atomic E-state index is -0.649. The van der Waals surface area contributed by atoms with Crippen molar-refractivity contribution in [2.24, 2.45) is 0 Å². The molecule has 0 spiro atoms. The van der Waals surface area contributed by atoms with Gasteiger partial charge in [0, 0.05) is 25.4 Å². The molecule has 0 saturated heterocycles. The second kappa shape index (κ2) is 12.5. The molecule has 2 amide bonds. The van der Waals surface area contributed by atoms with Crippen LogP contribution in [0.3, 0.4) is 0 Å². The second-order valence-electron chi connectivity index (χ2n) is 9.83. The van der Waals surface area contributed by atoms with Crippen LogP contribution in [0.15, 0.2) is 78.9 Å². The van der Waals surface area contributed by atoms with Gasteiger partial charge in [0.15, 0.2) is 0 Å². The van der Waals surface area contributed by atoms with Crippen LogP contribution in [0.4, 0.5) is 4.39 Å². The molecule has 0 bridgehead atoms. The van der Waals surface area contributed by atoms with E-state index in [2.05, 4.69) is 5.32 Å². The van der Waals surface area contributed by atoms with E-state index < -0.39 is 6.04 Å². The van der Waals surface area contributed by atoms with E-state index in [4.69, 9.17) is 0 Å². The maximum absolute atomic E-state index is 13.7. The van der Waals surface area contributed by atoms with Crippen LogP contribution >= 0.6 is 0 Å². The first-order valence-corrected chi connectivity index (χ1v) is 12.9. The molecule has 1 fully saturated rings. The van der Waals surface area contributed by atoms with E-state index in [0.717, 1.165) is 42.4 Å². The molecule has 0 aliphatic heterocycles. The Balaban J connectivity index is 1.59. The molecule has 1 N–H and O–H groups in total. The molecule has 5 heteroatoms. The van der Waals surface area contributed by atoms with Gasteiger partial charge in [-0.1, -0.05) is 85.1 Å². The molecule has 1 atom stereocenters. The third kappa shape index (κ3) is 7.27. The van der Waals surface area contributed by atoms with E-state index in [0.29, 0.717) is 19.3 Å². The van der Waals surface area contributed by atoms with E-state index in [1.807, 2.05) is 61.5 Å². The van der Waals surface area contributed by atoms with Crippen LogP contribution in [0, 0.1) is 12.7 Å². The average molecular weight is 487 g/mol. The number of carbonyl (C=O) groups is 2. The zero-order valence-electron chi connectivity index (χ0n) is 21.0. The molecule has 3 aromatic carbocycles. The van der Waals surface area contributed by atoms with Gasteiger partial charge in [-0.3, -0.25) is 9.59 Å². The van der Waals surface area contributed by atoms with Crippen LogP contribution in [0.5, 0.6) is 0 Å². The van der Waals surface area contributed by atoms with Crippen LogP contribution in [0.2, 0.25) is 0 Å². The summed E-state index contributed by atoms with van der Waals surface area (Å²) < 4.78 is 13.6. The van der Waals surface area contributed by atoms with E-state index in [-0.39, 0.29) is 30.2 Å². The van der Waals surface area contributed by atoms with Crippen molar-refractivity contribution in [3.05, 3.63) is 107 Å². The van der Waals surface area contributed by atoms with Crippen molar-refractivity contribution in [2.45, 2.75) is 70.5 Å². The van der Waals surface area contributed by atoms with Gasteiger partial charge in [-0.2, -0.15) is 0 Å². The number of amides is 2. The summed E-state index contributed by atoms with van der Waals surface area (Å²) >= 11 is 0. The fourth-order valence-electron chi connectivity index (χ4n) is 4.86. The van der Waals surface area contributed by atoms with Crippen molar-refractivity contribution in [3.63, 3.8) is 0 Å². The highest BCUT2D eigenvalue weighted by molar-refractivity contribution is 5.88. The normalized spacial score (nSPS) is 14.4. The molecule has 4 rings (SSSR count). The molecule has 4 nitrogen and oxygen atoms in total. The minimum Gasteiger partial charge on any atom is -0.352 e. The van der Waals surface area contributed by atoms with Crippen LogP contribution in [0.25, 0.3) is 0 Å². The van der Waals surface area contributed by atoms with Gasteiger partial charge in [0.2, 0.25) is 11.8 Å². The molecule has 0 unspecified atom stereocenters. The molecule has 0 heterocycles. The number of aryl methyl sites for hydroxylation is 2. The highest BCUT2D eigenvalue weighted by Crippen LogP contribution is 2.21. The Labute approximate surface area is 213 Å². The number of hydrogen-bond donors (Lipinski definition) is 1. The maximum Gasteiger partial charge on any atom is 0.243 e. The van der Waals surface area contributed by atoms with E-state index >= 15 is 0 Å². The Bertz CT molecular complexity index is 1120. The molecule has 3 aromatic rings. The van der Waals surface area contributed by atoms with Crippen molar-refractivity contribution >= 4 is 11.8 Å².